The zero-order valence-electron chi connectivity index (χ0n) is 39.6. The number of hydrogen-bond acceptors (Lipinski definition) is 18. The van der Waals surface area contributed by atoms with Gasteiger partial charge in [0.1, 0.15) is 5.75 Å². The summed E-state index contributed by atoms with van der Waals surface area (Å²) < 4.78 is 62.7. The quantitative estimate of drug-likeness (QED) is 0.0712. The number of rotatable bonds is 11. The van der Waals surface area contributed by atoms with Crippen LogP contribution in [0.1, 0.15) is 129 Å². The summed E-state index contributed by atoms with van der Waals surface area (Å²) in [6.45, 7) is 11.6. The molecule has 9 rings (SSSR count). The van der Waals surface area contributed by atoms with Crippen molar-refractivity contribution in [2.24, 2.45) is 5.14 Å². The SMILES string of the molecule is CC(C)(O)c1coc(S(N)(=O)=O)c1.Cc1cc(C2CC2)nc(N)n1.Cc1cc(C2CC2)nc(NC(=O)NS(=O)(=O)c2cc(C(C)(C)O)co2)n1.Cc1cc(C2CC2)nc(NC(=O)Oc2ccccc2)n1. The van der Waals surface area contributed by atoms with Crippen LogP contribution in [0.2, 0.25) is 0 Å². The number of nitrogens with zero attached hydrogens (tertiary/aromatic N) is 6. The Morgan fingerprint density at radius 3 is 1.49 bits per heavy atom. The van der Waals surface area contributed by atoms with Gasteiger partial charge < -0.3 is 29.5 Å². The molecular weight excluding hydrogens is 947 g/mol. The van der Waals surface area contributed by atoms with E-state index in [-0.39, 0.29) is 16.6 Å². The van der Waals surface area contributed by atoms with Crippen LogP contribution in [-0.2, 0) is 31.2 Å². The van der Waals surface area contributed by atoms with E-state index in [1.807, 2.05) is 42.8 Å². The third kappa shape index (κ3) is 16.1. The lowest BCUT2D eigenvalue weighted by Crippen LogP contribution is -2.34. The summed E-state index contributed by atoms with van der Waals surface area (Å²) in [6, 6.07) is 16.1. The summed E-state index contributed by atoms with van der Waals surface area (Å²) in [7, 11) is -8.06. The standard InChI is InChI=1S/C16H20N4O5S.C15H15N3O2.C8H11N3.C7H11NO4S/c1-9-6-12(10-4-5-10)18-14(17-9)19-15(21)20-26(23,24)13-7-11(8-25-13)16(2,3)22;1-10-9-13(11-7-8-11)17-14(16-10)18-15(19)20-12-5-3-2-4-6-12;1-5-4-7(6-2-3-6)11-8(9)10-5;1-7(2,9)5-3-6(12-4-5)13(8,10)11/h6-8,10,22H,4-5H2,1-3H3,(H2,17,18,19,20,21);2-6,9,11H,7-8H2,1H3,(H,16,17,18,19);4,6H,2-3H2,1H3,(H2,9,10,11);3-4,9H,1-2H3,(H2,8,10,11). The number of aromatic nitrogens is 6. The van der Waals surface area contributed by atoms with Crippen LogP contribution in [0.3, 0.4) is 0 Å². The fourth-order valence-electron chi connectivity index (χ4n) is 6.26. The number of sulfonamides is 2. The number of amides is 3. The summed E-state index contributed by atoms with van der Waals surface area (Å²) in [5.74, 6) is 2.78. The molecule has 9 N–H and O–H groups in total. The normalized spacial score (nSPS) is 14.6. The highest BCUT2D eigenvalue weighted by Gasteiger charge is 2.30. The van der Waals surface area contributed by atoms with Crippen molar-refractivity contribution in [3.05, 3.63) is 118 Å². The van der Waals surface area contributed by atoms with Crippen LogP contribution < -0.4 is 31.0 Å². The first-order valence-corrected chi connectivity index (χ1v) is 25.1. The smallest absolute Gasteiger partial charge is 0.419 e. The third-order valence-electron chi connectivity index (χ3n) is 10.4. The number of anilines is 3. The molecule has 5 aromatic heterocycles. The summed E-state index contributed by atoms with van der Waals surface area (Å²) >= 11 is 0. The summed E-state index contributed by atoms with van der Waals surface area (Å²) in [4.78, 5) is 48.9. The number of nitrogen functional groups attached to an aromatic ring is 1. The second-order valence-electron chi connectivity index (χ2n) is 18.0. The molecule has 0 saturated heterocycles. The highest BCUT2D eigenvalue weighted by atomic mass is 32.2. The number of aliphatic hydroxyl groups is 2. The number of para-hydroxylation sites is 1. The van der Waals surface area contributed by atoms with Gasteiger partial charge in [-0.1, -0.05) is 18.2 Å². The minimum absolute atomic E-state index is 0.0382. The Morgan fingerprint density at radius 1 is 0.643 bits per heavy atom. The van der Waals surface area contributed by atoms with Crippen molar-refractivity contribution in [1.82, 2.24) is 34.6 Å². The number of nitrogens with one attached hydrogen (secondary N) is 3. The van der Waals surface area contributed by atoms with E-state index < -0.39 is 48.5 Å². The van der Waals surface area contributed by atoms with Crippen LogP contribution in [0.5, 0.6) is 5.75 Å². The number of aryl methyl sites for hydroxylation is 3. The van der Waals surface area contributed by atoms with Gasteiger partial charge in [0, 0.05) is 75.2 Å². The Labute approximate surface area is 405 Å². The number of furan rings is 2. The molecule has 0 bridgehead atoms. The van der Waals surface area contributed by atoms with Crippen molar-refractivity contribution < 1.29 is 50.2 Å². The fraction of sp³-hybridized carbons (Fsp3) is 0.391. The van der Waals surface area contributed by atoms with Crippen molar-refractivity contribution in [3.63, 3.8) is 0 Å². The molecule has 3 amide bonds. The molecule has 0 atom stereocenters. The second kappa shape index (κ2) is 21.4. The molecule has 24 heteroatoms. The lowest BCUT2D eigenvalue weighted by atomic mass is 10.0. The van der Waals surface area contributed by atoms with Gasteiger partial charge in [0.25, 0.3) is 20.0 Å². The zero-order chi connectivity index (χ0) is 51.2. The molecule has 0 aliphatic heterocycles. The van der Waals surface area contributed by atoms with E-state index in [0.29, 0.717) is 46.7 Å². The Hall–Kier alpha value is -6.86. The molecule has 5 heterocycles. The second-order valence-corrected chi connectivity index (χ2v) is 21.1. The van der Waals surface area contributed by atoms with E-state index in [0.717, 1.165) is 66.5 Å². The predicted octanol–water partition coefficient (Wildman–Crippen LogP) is 6.67. The molecule has 0 spiro atoms. The third-order valence-corrected chi connectivity index (χ3v) is 12.3. The van der Waals surface area contributed by atoms with E-state index in [2.05, 4.69) is 45.0 Å². The zero-order valence-corrected chi connectivity index (χ0v) is 41.3. The van der Waals surface area contributed by atoms with Crippen LogP contribution in [0.4, 0.5) is 27.4 Å². The first-order chi connectivity index (χ1) is 32.7. The van der Waals surface area contributed by atoms with Gasteiger partial charge >= 0.3 is 12.1 Å². The van der Waals surface area contributed by atoms with E-state index >= 15 is 0 Å². The van der Waals surface area contributed by atoms with E-state index in [4.69, 9.17) is 20.0 Å². The molecule has 0 radical (unpaired) electrons. The molecule has 22 nitrogen and oxygen atoms in total. The van der Waals surface area contributed by atoms with Crippen LogP contribution in [0.25, 0.3) is 0 Å². The highest BCUT2D eigenvalue weighted by molar-refractivity contribution is 7.90. The average Bonchev–Trinajstić information content (AvgIpc) is 4.18. The summed E-state index contributed by atoms with van der Waals surface area (Å²) in [6.07, 6.45) is 8.62. The van der Waals surface area contributed by atoms with Crippen molar-refractivity contribution in [3.8, 4) is 5.75 Å². The lowest BCUT2D eigenvalue weighted by molar-refractivity contribution is 0.0773. The number of primary sulfonamides is 1. The predicted molar refractivity (Wildman–Crippen MR) is 255 cm³/mol. The molecule has 70 heavy (non-hydrogen) atoms. The molecule has 1 aromatic carbocycles. The maximum absolute atomic E-state index is 12.2. The number of benzene rings is 1. The molecular formula is C46H57N11O11S2. The number of hydrogen-bond donors (Lipinski definition) is 7. The number of carbonyl (C=O) groups excluding carboxylic acids is 2. The van der Waals surface area contributed by atoms with Crippen molar-refractivity contribution in [1.29, 1.82) is 0 Å². The van der Waals surface area contributed by atoms with Gasteiger partial charge in [-0.05, 0) is 117 Å². The molecule has 0 unspecified atom stereocenters. The van der Waals surface area contributed by atoms with Gasteiger partial charge in [-0.2, -0.15) is 8.42 Å². The topological polar surface area (TPSA) is 344 Å². The van der Waals surface area contributed by atoms with E-state index in [9.17, 15) is 36.6 Å². The maximum atomic E-state index is 12.2. The number of ether oxygens (including phenoxy) is 1. The molecule has 3 aliphatic rings. The Morgan fingerprint density at radius 2 is 1.07 bits per heavy atom. The van der Waals surface area contributed by atoms with Gasteiger partial charge in [-0.25, -0.2) is 57.8 Å². The van der Waals surface area contributed by atoms with Crippen LogP contribution in [-0.4, -0.2) is 69.1 Å². The van der Waals surface area contributed by atoms with Crippen LogP contribution in [0.15, 0.2) is 92.2 Å². The van der Waals surface area contributed by atoms with Gasteiger partial charge in [-0.3, -0.25) is 10.6 Å². The van der Waals surface area contributed by atoms with Crippen molar-refractivity contribution in [2.45, 2.75) is 126 Å². The number of urea groups is 1. The van der Waals surface area contributed by atoms with Crippen LogP contribution in [0, 0.1) is 20.8 Å². The van der Waals surface area contributed by atoms with Gasteiger partial charge in [-0.15, -0.1) is 0 Å². The lowest BCUT2D eigenvalue weighted by Gasteiger charge is -2.13. The maximum Gasteiger partial charge on any atom is 0.419 e. The Kier molecular flexibility index (Phi) is 16.1. The molecule has 3 saturated carbocycles. The molecule has 3 aliphatic carbocycles. The van der Waals surface area contributed by atoms with Crippen LogP contribution >= 0.6 is 0 Å². The van der Waals surface area contributed by atoms with Gasteiger partial charge in [0.2, 0.25) is 28.0 Å². The first-order valence-electron chi connectivity index (χ1n) is 22.1. The number of nitrogens with two attached hydrogens (primary N) is 2. The Balaban J connectivity index is 0.000000162. The van der Waals surface area contributed by atoms with E-state index in [1.165, 1.54) is 52.9 Å². The fourth-order valence-corrected chi connectivity index (χ4v) is 7.58. The first kappa shape index (κ1) is 52.5. The van der Waals surface area contributed by atoms with Gasteiger partial charge in [0.15, 0.2) is 0 Å². The summed E-state index contributed by atoms with van der Waals surface area (Å²) in [5, 5.41) is 28.2. The largest absolute Gasteiger partial charge is 0.451 e. The van der Waals surface area contributed by atoms with E-state index in [1.54, 1.807) is 31.2 Å². The molecule has 3 fully saturated rings. The Bertz CT molecular complexity index is 3010. The number of carbonyl (C=O) groups is 2. The minimum atomic E-state index is -4.24. The van der Waals surface area contributed by atoms with Crippen molar-refractivity contribution in [2.75, 3.05) is 16.4 Å². The molecule has 6 aromatic rings. The van der Waals surface area contributed by atoms with Gasteiger partial charge in [0.05, 0.1) is 23.7 Å². The minimum Gasteiger partial charge on any atom is -0.451 e. The van der Waals surface area contributed by atoms with Crippen molar-refractivity contribution >= 4 is 50.0 Å². The average molecular weight is 1000 g/mol. The highest BCUT2D eigenvalue weighted by Crippen LogP contribution is 2.41. The molecule has 374 valence electrons. The monoisotopic (exact) mass is 1000 g/mol. The summed E-state index contributed by atoms with van der Waals surface area (Å²) in [5.41, 5.74) is 9.19.